The van der Waals surface area contributed by atoms with Gasteiger partial charge in [0.25, 0.3) is 0 Å². The van der Waals surface area contributed by atoms with E-state index in [0.717, 1.165) is 17.8 Å². The van der Waals surface area contributed by atoms with Gasteiger partial charge in [0.1, 0.15) is 0 Å². The molecule has 134 valence electrons. The third-order valence-electron chi connectivity index (χ3n) is 4.20. The zero-order valence-corrected chi connectivity index (χ0v) is 14.7. The molecule has 0 fully saturated rings. The molecule has 3 rings (SSSR count). The minimum Gasteiger partial charge on any atom is -0.348 e. The predicted octanol–water partition coefficient (Wildman–Crippen LogP) is 2.07. The van der Waals surface area contributed by atoms with Crippen molar-refractivity contribution in [2.75, 3.05) is 0 Å². The first kappa shape index (κ1) is 17.8. The van der Waals surface area contributed by atoms with Crippen LogP contribution in [0.2, 0.25) is 0 Å². The van der Waals surface area contributed by atoms with E-state index in [4.69, 9.17) is 5.73 Å². The first-order valence-corrected chi connectivity index (χ1v) is 8.62. The van der Waals surface area contributed by atoms with Crippen LogP contribution in [-0.4, -0.2) is 26.5 Å². The number of nitrogens with zero attached hydrogens (tertiary/aromatic N) is 3. The Morgan fingerprint density at radius 2 is 2.04 bits per heavy atom. The van der Waals surface area contributed by atoms with Crippen LogP contribution in [0, 0.1) is 0 Å². The number of aromatic nitrogens is 3. The molecule has 0 aliphatic rings. The summed E-state index contributed by atoms with van der Waals surface area (Å²) in [5, 5.41) is 2.92. The van der Waals surface area contributed by atoms with Gasteiger partial charge in [-0.2, -0.15) is 0 Å². The average Bonchev–Trinajstić information content (AvgIpc) is 3.10. The molecule has 6 heteroatoms. The molecule has 0 saturated carbocycles. The summed E-state index contributed by atoms with van der Waals surface area (Å²) in [5.74, 6) is -0.195. The van der Waals surface area contributed by atoms with E-state index in [9.17, 15) is 4.79 Å². The van der Waals surface area contributed by atoms with Crippen molar-refractivity contribution in [3.63, 3.8) is 0 Å². The monoisotopic (exact) mass is 349 g/mol. The maximum absolute atomic E-state index is 12.3. The number of hydrogen-bond donors (Lipinski definition) is 2. The molecule has 3 aromatic rings. The molecule has 0 saturated heterocycles. The molecule has 2 heterocycles. The fourth-order valence-electron chi connectivity index (χ4n) is 2.75. The first-order chi connectivity index (χ1) is 12.6. The molecule has 3 N–H and O–H groups in total. The molecular formula is C20H23N5O. The van der Waals surface area contributed by atoms with Crippen LogP contribution in [-0.2, 0) is 17.8 Å². The summed E-state index contributed by atoms with van der Waals surface area (Å²) in [4.78, 5) is 20.8. The summed E-state index contributed by atoms with van der Waals surface area (Å²) in [6.45, 7) is 2.66. The lowest BCUT2D eigenvalue weighted by molar-refractivity contribution is -0.123. The zero-order chi connectivity index (χ0) is 18.4. The number of carbonyl (C=O) groups is 1. The average molecular weight is 349 g/mol. The van der Waals surface area contributed by atoms with E-state index in [2.05, 4.69) is 27.4 Å². The number of amides is 1. The molecular weight excluding hydrogens is 326 g/mol. The summed E-state index contributed by atoms with van der Waals surface area (Å²) in [6.07, 6.45) is 7.54. The number of imidazole rings is 1. The van der Waals surface area contributed by atoms with Gasteiger partial charge in [0.15, 0.2) is 0 Å². The van der Waals surface area contributed by atoms with E-state index in [-0.39, 0.29) is 11.9 Å². The Bertz CT molecular complexity index is 832. The summed E-state index contributed by atoms with van der Waals surface area (Å²) in [5.41, 5.74) is 9.01. The SMILES string of the molecule is CC(NC(=O)[C@@H](N)Cc1cn(Cc2ccccc2)cn1)c1cccnc1. The number of nitrogens with two attached hydrogens (primary N) is 1. The Morgan fingerprint density at radius 1 is 1.23 bits per heavy atom. The maximum Gasteiger partial charge on any atom is 0.237 e. The highest BCUT2D eigenvalue weighted by molar-refractivity contribution is 5.82. The molecule has 2 aromatic heterocycles. The van der Waals surface area contributed by atoms with E-state index in [0.29, 0.717) is 6.42 Å². The Balaban J connectivity index is 1.54. The lowest BCUT2D eigenvalue weighted by Crippen LogP contribution is -2.43. The number of nitrogens with one attached hydrogen (secondary N) is 1. The second-order valence-electron chi connectivity index (χ2n) is 6.35. The molecule has 0 radical (unpaired) electrons. The van der Waals surface area contributed by atoms with Crippen molar-refractivity contribution in [1.29, 1.82) is 0 Å². The van der Waals surface area contributed by atoms with Gasteiger partial charge < -0.3 is 15.6 Å². The summed E-state index contributed by atoms with van der Waals surface area (Å²) in [6, 6.07) is 13.1. The van der Waals surface area contributed by atoms with Crippen LogP contribution in [0.1, 0.15) is 29.8 Å². The van der Waals surface area contributed by atoms with Crippen LogP contribution in [0.15, 0.2) is 67.4 Å². The second kappa shape index (κ2) is 8.40. The van der Waals surface area contributed by atoms with E-state index >= 15 is 0 Å². The van der Waals surface area contributed by atoms with Gasteiger partial charge in [-0.15, -0.1) is 0 Å². The molecule has 1 amide bonds. The molecule has 0 bridgehead atoms. The van der Waals surface area contributed by atoms with Gasteiger partial charge in [-0.1, -0.05) is 36.4 Å². The quantitative estimate of drug-likeness (QED) is 0.684. The predicted molar refractivity (Wildman–Crippen MR) is 100 cm³/mol. The lowest BCUT2D eigenvalue weighted by Gasteiger charge is -2.17. The van der Waals surface area contributed by atoms with Gasteiger partial charge >= 0.3 is 0 Å². The molecule has 6 nitrogen and oxygen atoms in total. The molecule has 0 aliphatic carbocycles. The lowest BCUT2D eigenvalue weighted by atomic mass is 10.1. The van der Waals surface area contributed by atoms with Gasteiger partial charge in [-0.3, -0.25) is 9.78 Å². The van der Waals surface area contributed by atoms with Gasteiger partial charge in [0.2, 0.25) is 5.91 Å². The van der Waals surface area contributed by atoms with Gasteiger partial charge in [0, 0.05) is 31.6 Å². The Labute approximate surface area is 153 Å². The van der Waals surface area contributed by atoms with Crippen molar-refractivity contribution in [2.24, 2.45) is 5.73 Å². The molecule has 0 spiro atoms. The van der Waals surface area contributed by atoms with Crippen LogP contribution in [0.4, 0.5) is 0 Å². The third kappa shape index (κ3) is 4.77. The highest BCUT2D eigenvalue weighted by Crippen LogP contribution is 2.10. The highest BCUT2D eigenvalue weighted by atomic mass is 16.2. The van der Waals surface area contributed by atoms with E-state index in [1.54, 1.807) is 18.7 Å². The Kier molecular flexibility index (Phi) is 5.76. The van der Waals surface area contributed by atoms with Crippen LogP contribution in [0.5, 0.6) is 0 Å². The normalized spacial score (nSPS) is 13.2. The summed E-state index contributed by atoms with van der Waals surface area (Å²) in [7, 11) is 0. The van der Waals surface area contributed by atoms with Gasteiger partial charge in [-0.05, 0) is 24.1 Å². The van der Waals surface area contributed by atoms with Crippen molar-refractivity contribution in [3.8, 4) is 0 Å². The summed E-state index contributed by atoms with van der Waals surface area (Å²) >= 11 is 0. The topological polar surface area (TPSA) is 85.8 Å². The van der Waals surface area contributed by atoms with E-state index < -0.39 is 6.04 Å². The van der Waals surface area contributed by atoms with Crippen LogP contribution < -0.4 is 11.1 Å². The van der Waals surface area contributed by atoms with Gasteiger partial charge in [0.05, 0.1) is 24.1 Å². The van der Waals surface area contributed by atoms with Crippen molar-refractivity contribution < 1.29 is 4.79 Å². The molecule has 2 atom stereocenters. The molecule has 1 aromatic carbocycles. The van der Waals surface area contributed by atoms with Crippen molar-refractivity contribution in [3.05, 3.63) is 84.2 Å². The first-order valence-electron chi connectivity index (χ1n) is 8.62. The minimum absolute atomic E-state index is 0.141. The Morgan fingerprint density at radius 3 is 2.77 bits per heavy atom. The van der Waals surface area contributed by atoms with Crippen LogP contribution in [0.3, 0.4) is 0 Å². The smallest absolute Gasteiger partial charge is 0.237 e. The van der Waals surface area contributed by atoms with E-state index in [1.165, 1.54) is 5.56 Å². The fourth-order valence-corrected chi connectivity index (χ4v) is 2.75. The largest absolute Gasteiger partial charge is 0.348 e. The van der Waals surface area contributed by atoms with Crippen LogP contribution >= 0.6 is 0 Å². The van der Waals surface area contributed by atoms with Gasteiger partial charge in [-0.25, -0.2) is 4.98 Å². The fraction of sp³-hybridized carbons (Fsp3) is 0.250. The third-order valence-corrected chi connectivity index (χ3v) is 4.20. The number of hydrogen-bond acceptors (Lipinski definition) is 4. The number of benzene rings is 1. The number of pyridine rings is 1. The summed E-state index contributed by atoms with van der Waals surface area (Å²) < 4.78 is 1.99. The maximum atomic E-state index is 12.3. The second-order valence-corrected chi connectivity index (χ2v) is 6.35. The molecule has 1 unspecified atom stereocenters. The highest BCUT2D eigenvalue weighted by Gasteiger charge is 2.18. The molecule has 0 aliphatic heterocycles. The Hall–Kier alpha value is -2.99. The zero-order valence-electron chi connectivity index (χ0n) is 14.7. The van der Waals surface area contributed by atoms with Crippen LogP contribution in [0.25, 0.3) is 0 Å². The van der Waals surface area contributed by atoms with Crippen molar-refractivity contribution in [2.45, 2.75) is 32.0 Å². The number of rotatable bonds is 7. The standard InChI is InChI=1S/C20H23N5O/c1-15(17-8-5-9-22-11-17)24-20(26)19(21)10-18-13-25(14-23-18)12-16-6-3-2-4-7-16/h2-9,11,13-15,19H,10,12,21H2,1H3,(H,24,26)/t15?,19-/m0/s1. The number of carbonyl (C=O) groups excluding carboxylic acids is 1. The molecule has 26 heavy (non-hydrogen) atoms. The van der Waals surface area contributed by atoms with Crippen molar-refractivity contribution in [1.82, 2.24) is 19.9 Å². The minimum atomic E-state index is -0.644. The van der Waals surface area contributed by atoms with Crippen molar-refractivity contribution >= 4 is 5.91 Å². The van der Waals surface area contributed by atoms with E-state index in [1.807, 2.05) is 48.0 Å².